The van der Waals surface area contributed by atoms with Gasteiger partial charge >= 0.3 is 0 Å². The summed E-state index contributed by atoms with van der Waals surface area (Å²) in [5, 5.41) is 8.41. The number of aromatic amines is 2. The lowest BCUT2D eigenvalue weighted by molar-refractivity contribution is 0.514. The Hall–Kier alpha value is -4.64. The predicted octanol–water partition coefficient (Wildman–Crippen LogP) is 2.76. The van der Waals surface area contributed by atoms with Gasteiger partial charge in [-0.2, -0.15) is 5.10 Å². The van der Waals surface area contributed by atoms with Crippen molar-refractivity contribution in [3.05, 3.63) is 55.5 Å². The van der Waals surface area contributed by atoms with Gasteiger partial charge in [-0.25, -0.2) is 15.0 Å². The molecule has 0 bridgehead atoms. The van der Waals surface area contributed by atoms with Crippen molar-refractivity contribution in [2.45, 2.75) is 6.04 Å². The highest BCUT2D eigenvalue weighted by Crippen LogP contribution is 2.32. The highest BCUT2D eigenvalue weighted by atomic mass is 16.3. The molecule has 0 aromatic carbocycles. The van der Waals surface area contributed by atoms with Gasteiger partial charge in [0, 0.05) is 41.8 Å². The molecule has 0 radical (unpaired) electrons. The normalized spacial score (nSPS) is 14.2. The highest BCUT2D eigenvalue weighted by Gasteiger charge is 2.25. The van der Waals surface area contributed by atoms with Crippen LogP contribution in [-0.2, 0) is 0 Å². The summed E-state index contributed by atoms with van der Waals surface area (Å²) >= 11 is 0. The lowest BCUT2D eigenvalue weighted by Gasteiger charge is -2.37. The van der Waals surface area contributed by atoms with Crippen LogP contribution in [0.1, 0.15) is 0 Å². The molecule has 1 fully saturated rings. The summed E-state index contributed by atoms with van der Waals surface area (Å²) < 4.78 is 5.25. The lowest BCUT2D eigenvalue weighted by atomic mass is 10.1. The number of hydrogen-bond acceptors (Lipinski definition) is 9. The van der Waals surface area contributed by atoms with Crippen molar-refractivity contribution in [1.29, 1.82) is 0 Å². The monoisotopic (exact) mass is 450 g/mol. The fourth-order valence-electron chi connectivity index (χ4n) is 4.24. The molecule has 0 atom stereocenters. The fourth-order valence-corrected chi connectivity index (χ4v) is 4.24. The number of nitrogens with two attached hydrogens (primary N) is 1. The molecule has 11 heteroatoms. The van der Waals surface area contributed by atoms with Gasteiger partial charge in [0.25, 0.3) is 0 Å². The summed E-state index contributed by atoms with van der Waals surface area (Å²) in [7, 11) is 0. The Morgan fingerprint density at radius 2 is 2.00 bits per heavy atom. The maximum Gasteiger partial charge on any atom is 0.160 e. The van der Waals surface area contributed by atoms with Gasteiger partial charge in [-0.15, -0.1) is 0 Å². The molecule has 7 heterocycles. The van der Waals surface area contributed by atoms with Crippen LogP contribution >= 0.6 is 0 Å². The topological polar surface area (TPSA) is 151 Å². The Balaban J connectivity index is 1.31. The number of furan rings is 1. The number of aromatic nitrogens is 8. The van der Waals surface area contributed by atoms with Gasteiger partial charge in [-0.3, -0.25) is 15.1 Å². The molecular weight excluding hydrogens is 432 g/mol. The van der Waals surface area contributed by atoms with E-state index in [-0.39, 0.29) is 6.04 Å². The van der Waals surface area contributed by atoms with E-state index in [1.807, 2.05) is 18.2 Å². The largest absolute Gasteiger partial charge is 0.472 e. The number of rotatable bonds is 4. The van der Waals surface area contributed by atoms with E-state index in [0.29, 0.717) is 28.6 Å². The first kappa shape index (κ1) is 18.9. The molecule has 7 rings (SSSR count). The maximum atomic E-state index is 5.91. The lowest BCUT2D eigenvalue weighted by Crippen LogP contribution is -2.56. The van der Waals surface area contributed by atoms with Crippen LogP contribution < -0.4 is 10.6 Å². The molecule has 6 aromatic heterocycles. The van der Waals surface area contributed by atoms with Gasteiger partial charge in [0.1, 0.15) is 22.7 Å². The molecule has 34 heavy (non-hydrogen) atoms. The first-order valence-electron chi connectivity index (χ1n) is 10.8. The Morgan fingerprint density at radius 1 is 1.06 bits per heavy atom. The molecule has 166 valence electrons. The van der Waals surface area contributed by atoms with E-state index in [1.54, 1.807) is 37.3 Å². The van der Waals surface area contributed by atoms with E-state index in [9.17, 15) is 0 Å². The zero-order chi connectivity index (χ0) is 22.6. The van der Waals surface area contributed by atoms with Crippen LogP contribution in [0.2, 0.25) is 0 Å². The van der Waals surface area contributed by atoms with E-state index < -0.39 is 0 Å². The Bertz CT molecular complexity index is 1650. The van der Waals surface area contributed by atoms with Gasteiger partial charge in [-0.05, 0) is 18.2 Å². The quantitative estimate of drug-likeness (QED) is 0.368. The van der Waals surface area contributed by atoms with Gasteiger partial charge in [-0.1, -0.05) is 0 Å². The minimum Gasteiger partial charge on any atom is -0.472 e. The molecular formula is C23H18N10O. The van der Waals surface area contributed by atoms with Crippen molar-refractivity contribution in [1.82, 2.24) is 40.1 Å². The molecule has 0 aliphatic carbocycles. The maximum absolute atomic E-state index is 5.91. The van der Waals surface area contributed by atoms with Gasteiger partial charge in [0.05, 0.1) is 42.3 Å². The summed E-state index contributed by atoms with van der Waals surface area (Å²) in [5.74, 6) is 1.40. The summed E-state index contributed by atoms with van der Waals surface area (Å²) in [6.07, 6.45) is 10.3. The minimum atomic E-state index is 0.181. The molecule has 0 saturated carbocycles. The van der Waals surface area contributed by atoms with Crippen LogP contribution in [0.15, 0.2) is 59.9 Å². The number of nitrogens with zero attached hydrogens (tertiary/aromatic N) is 7. The standard InChI is InChI=1S/C23H18N10O/c24-13-9-33(10-13)19-8-25-6-18(28-19)16-5-15-17(7-27-16)31-32-21(15)23-29-20-14(12-2-4-34-11-12)1-3-26-22(20)30-23/h1-8,11,13H,9-10,24H2,(H,31,32)(H,26,29,30). The second kappa shape index (κ2) is 7.18. The summed E-state index contributed by atoms with van der Waals surface area (Å²) in [6.45, 7) is 1.55. The third-order valence-electron chi connectivity index (χ3n) is 6.01. The number of hydrogen-bond donors (Lipinski definition) is 3. The summed E-state index contributed by atoms with van der Waals surface area (Å²) in [5.41, 5.74) is 12.0. The number of nitrogens with one attached hydrogen (secondary N) is 2. The van der Waals surface area contributed by atoms with Gasteiger partial charge in [0.2, 0.25) is 0 Å². The Labute approximate surface area is 192 Å². The molecule has 1 aliphatic heterocycles. The molecule has 1 aliphatic rings. The molecule has 6 aromatic rings. The molecule has 4 N–H and O–H groups in total. The van der Waals surface area contributed by atoms with Crippen LogP contribution in [0.4, 0.5) is 5.82 Å². The van der Waals surface area contributed by atoms with Crippen molar-refractivity contribution in [2.75, 3.05) is 18.0 Å². The van der Waals surface area contributed by atoms with E-state index in [1.165, 1.54) is 0 Å². The van der Waals surface area contributed by atoms with E-state index in [4.69, 9.17) is 20.1 Å². The van der Waals surface area contributed by atoms with Crippen molar-refractivity contribution in [2.24, 2.45) is 5.73 Å². The van der Waals surface area contributed by atoms with Gasteiger partial charge in [0.15, 0.2) is 11.5 Å². The van der Waals surface area contributed by atoms with Crippen LogP contribution in [0.3, 0.4) is 0 Å². The molecule has 0 amide bonds. The number of pyridine rings is 2. The average molecular weight is 450 g/mol. The first-order valence-corrected chi connectivity index (χ1v) is 10.8. The van der Waals surface area contributed by atoms with Crippen LogP contribution in [0.5, 0.6) is 0 Å². The number of imidazole rings is 1. The number of fused-ring (bicyclic) bond motifs is 2. The smallest absolute Gasteiger partial charge is 0.160 e. The highest BCUT2D eigenvalue weighted by molar-refractivity contribution is 5.96. The minimum absolute atomic E-state index is 0.181. The second-order valence-corrected chi connectivity index (χ2v) is 8.27. The second-order valence-electron chi connectivity index (χ2n) is 8.27. The van der Waals surface area contributed by atoms with Crippen LogP contribution in [0, 0.1) is 0 Å². The third kappa shape index (κ3) is 2.94. The van der Waals surface area contributed by atoms with Crippen molar-refractivity contribution >= 4 is 27.9 Å². The third-order valence-corrected chi connectivity index (χ3v) is 6.01. The first-order chi connectivity index (χ1) is 16.7. The molecule has 11 nitrogen and oxygen atoms in total. The van der Waals surface area contributed by atoms with Crippen LogP contribution in [-0.4, -0.2) is 59.2 Å². The average Bonchev–Trinajstić information content (AvgIpc) is 3.60. The zero-order valence-electron chi connectivity index (χ0n) is 17.8. The Morgan fingerprint density at radius 3 is 2.85 bits per heavy atom. The number of anilines is 1. The van der Waals surface area contributed by atoms with Crippen molar-refractivity contribution < 1.29 is 4.42 Å². The Kier molecular flexibility index (Phi) is 3.99. The van der Waals surface area contributed by atoms with Crippen molar-refractivity contribution in [3.63, 3.8) is 0 Å². The molecule has 0 unspecified atom stereocenters. The summed E-state index contributed by atoms with van der Waals surface area (Å²) in [4.78, 5) is 28.3. The summed E-state index contributed by atoms with van der Waals surface area (Å²) in [6, 6.07) is 5.94. The zero-order valence-corrected chi connectivity index (χ0v) is 17.8. The molecule has 0 spiro atoms. The van der Waals surface area contributed by atoms with Gasteiger partial charge < -0.3 is 20.0 Å². The predicted molar refractivity (Wildman–Crippen MR) is 126 cm³/mol. The SMILES string of the molecule is NC1CN(c2cncc(-c3cc4c(-c5nc6c(-c7ccoc7)ccnc6[nH]5)n[nH]c4cn3)n2)C1. The van der Waals surface area contributed by atoms with Crippen molar-refractivity contribution in [3.8, 4) is 34.0 Å². The van der Waals surface area contributed by atoms with E-state index in [2.05, 4.69) is 35.0 Å². The van der Waals surface area contributed by atoms with Crippen LogP contribution in [0.25, 0.3) is 56.1 Å². The number of H-pyrrole nitrogens is 2. The fraction of sp³-hybridized carbons (Fsp3) is 0.130. The van der Waals surface area contributed by atoms with E-state index >= 15 is 0 Å². The van der Waals surface area contributed by atoms with E-state index in [0.717, 1.165) is 46.5 Å². The molecule has 1 saturated heterocycles.